The molecule has 0 aliphatic carbocycles. The Morgan fingerprint density at radius 2 is 2.00 bits per heavy atom. The third kappa shape index (κ3) is 4.74. The van der Waals surface area contributed by atoms with E-state index in [2.05, 4.69) is 36.5 Å². The lowest BCUT2D eigenvalue weighted by Gasteiger charge is -2.25. The van der Waals surface area contributed by atoms with Crippen LogP contribution in [0.4, 0.5) is 4.79 Å². The average molecular weight is 290 g/mol. The molecule has 2 atom stereocenters. The van der Waals surface area contributed by atoms with Crippen molar-refractivity contribution in [3.63, 3.8) is 0 Å². The van der Waals surface area contributed by atoms with E-state index in [1.54, 1.807) is 4.90 Å². The van der Waals surface area contributed by atoms with Gasteiger partial charge in [0.2, 0.25) is 0 Å². The Balaban J connectivity index is 1.84. The maximum absolute atomic E-state index is 12.0. The Hall–Kier alpha value is -1.55. The summed E-state index contributed by atoms with van der Waals surface area (Å²) in [4.78, 5) is 13.8. The molecule has 4 heteroatoms. The number of carbonyl (C=O) groups excluding carboxylic acids is 1. The molecule has 4 nitrogen and oxygen atoms in total. The molecule has 2 rings (SSSR count). The first-order valence-corrected chi connectivity index (χ1v) is 7.64. The molecule has 0 radical (unpaired) electrons. The minimum atomic E-state index is -0.431. The first-order valence-electron chi connectivity index (χ1n) is 7.64. The van der Waals surface area contributed by atoms with Crippen LogP contribution in [0.2, 0.25) is 0 Å². The first kappa shape index (κ1) is 15.8. The number of ether oxygens (including phenoxy) is 1. The van der Waals surface area contributed by atoms with Crippen LogP contribution in [-0.2, 0) is 4.74 Å². The molecule has 0 spiro atoms. The van der Waals surface area contributed by atoms with E-state index in [0.29, 0.717) is 12.6 Å². The fraction of sp³-hybridized carbons (Fsp3) is 0.588. The summed E-state index contributed by atoms with van der Waals surface area (Å²) in [7, 11) is 0. The van der Waals surface area contributed by atoms with E-state index in [4.69, 9.17) is 4.74 Å². The van der Waals surface area contributed by atoms with Crippen LogP contribution in [0.3, 0.4) is 0 Å². The number of carbonyl (C=O) groups is 1. The lowest BCUT2D eigenvalue weighted by Crippen LogP contribution is -2.39. The smallest absolute Gasteiger partial charge is 0.410 e. The topological polar surface area (TPSA) is 41.6 Å². The molecule has 21 heavy (non-hydrogen) atoms. The van der Waals surface area contributed by atoms with Crippen molar-refractivity contribution < 1.29 is 9.53 Å². The van der Waals surface area contributed by atoms with Gasteiger partial charge in [-0.25, -0.2) is 4.79 Å². The standard InChI is InChI=1S/C17H26N2O2/c1-13(14-8-6-5-7-9-14)18-15-10-11-19(12-15)16(20)21-17(2,3)4/h5-9,13,15,18H,10-12H2,1-4H3/t13-,15?/m1/s1. The van der Waals surface area contributed by atoms with E-state index >= 15 is 0 Å². The Morgan fingerprint density at radius 3 is 2.62 bits per heavy atom. The van der Waals surface area contributed by atoms with Gasteiger partial charge in [-0.1, -0.05) is 30.3 Å². The zero-order valence-corrected chi connectivity index (χ0v) is 13.4. The van der Waals surface area contributed by atoms with Gasteiger partial charge in [-0.3, -0.25) is 0 Å². The number of benzene rings is 1. The minimum absolute atomic E-state index is 0.209. The van der Waals surface area contributed by atoms with Crippen molar-refractivity contribution in [3.05, 3.63) is 35.9 Å². The van der Waals surface area contributed by atoms with E-state index in [1.807, 2.05) is 26.8 Å². The van der Waals surface area contributed by atoms with Crippen LogP contribution in [-0.4, -0.2) is 35.7 Å². The fourth-order valence-corrected chi connectivity index (χ4v) is 2.58. The number of nitrogens with zero attached hydrogens (tertiary/aromatic N) is 1. The predicted molar refractivity (Wildman–Crippen MR) is 84.2 cm³/mol. The maximum Gasteiger partial charge on any atom is 0.410 e. The molecule has 1 saturated heterocycles. The van der Waals surface area contributed by atoms with Crippen molar-refractivity contribution in [1.82, 2.24) is 10.2 Å². The zero-order valence-electron chi connectivity index (χ0n) is 13.4. The number of amides is 1. The van der Waals surface area contributed by atoms with E-state index in [9.17, 15) is 4.79 Å². The molecule has 1 heterocycles. The lowest BCUT2D eigenvalue weighted by atomic mass is 10.1. The second kappa shape index (κ2) is 6.48. The molecule has 1 unspecified atom stereocenters. The molecule has 0 aromatic heterocycles. The molecule has 1 aliphatic heterocycles. The van der Waals surface area contributed by atoms with Crippen molar-refractivity contribution in [2.75, 3.05) is 13.1 Å². The Morgan fingerprint density at radius 1 is 1.33 bits per heavy atom. The normalized spacial score (nSPS) is 20.4. The van der Waals surface area contributed by atoms with Gasteiger partial charge in [0.05, 0.1) is 0 Å². The van der Waals surface area contributed by atoms with Crippen LogP contribution in [0, 0.1) is 0 Å². The largest absolute Gasteiger partial charge is 0.444 e. The van der Waals surface area contributed by atoms with Crippen LogP contribution >= 0.6 is 0 Å². The molecule has 1 fully saturated rings. The Bertz CT molecular complexity index is 467. The summed E-state index contributed by atoms with van der Waals surface area (Å²) in [6, 6.07) is 11.0. The highest BCUT2D eigenvalue weighted by Crippen LogP contribution is 2.18. The molecule has 1 aromatic rings. The van der Waals surface area contributed by atoms with Crippen molar-refractivity contribution in [2.24, 2.45) is 0 Å². The van der Waals surface area contributed by atoms with Gasteiger partial charge in [0, 0.05) is 25.2 Å². The molecular formula is C17H26N2O2. The Kier molecular flexibility index (Phi) is 4.88. The van der Waals surface area contributed by atoms with Gasteiger partial charge in [0.1, 0.15) is 5.60 Å². The zero-order chi connectivity index (χ0) is 15.5. The summed E-state index contributed by atoms with van der Waals surface area (Å²) in [5.74, 6) is 0. The van der Waals surface area contributed by atoms with E-state index < -0.39 is 5.60 Å². The van der Waals surface area contributed by atoms with Crippen molar-refractivity contribution >= 4 is 6.09 Å². The van der Waals surface area contributed by atoms with Crippen LogP contribution in [0.15, 0.2) is 30.3 Å². The molecular weight excluding hydrogens is 264 g/mol. The van der Waals surface area contributed by atoms with Crippen LogP contribution in [0.1, 0.15) is 45.7 Å². The second-order valence-corrected chi connectivity index (χ2v) is 6.71. The molecule has 1 N–H and O–H groups in total. The van der Waals surface area contributed by atoms with Crippen molar-refractivity contribution in [3.8, 4) is 0 Å². The average Bonchev–Trinajstić information content (AvgIpc) is 2.86. The van der Waals surface area contributed by atoms with Crippen molar-refractivity contribution in [1.29, 1.82) is 0 Å². The van der Waals surface area contributed by atoms with Crippen LogP contribution in [0.5, 0.6) is 0 Å². The third-order valence-corrected chi connectivity index (χ3v) is 3.63. The highest BCUT2D eigenvalue weighted by molar-refractivity contribution is 5.68. The fourth-order valence-electron chi connectivity index (χ4n) is 2.58. The lowest BCUT2D eigenvalue weighted by molar-refractivity contribution is 0.0290. The maximum atomic E-state index is 12.0. The predicted octanol–water partition coefficient (Wildman–Crippen LogP) is 3.35. The molecule has 0 bridgehead atoms. The number of nitrogens with one attached hydrogen (secondary N) is 1. The summed E-state index contributed by atoms with van der Waals surface area (Å²) >= 11 is 0. The summed E-state index contributed by atoms with van der Waals surface area (Å²) in [5, 5.41) is 3.59. The molecule has 1 amide bonds. The van der Waals surface area contributed by atoms with Gasteiger partial charge < -0.3 is 15.0 Å². The van der Waals surface area contributed by atoms with Gasteiger partial charge in [-0.2, -0.15) is 0 Å². The number of hydrogen-bond donors (Lipinski definition) is 1. The highest BCUT2D eigenvalue weighted by atomic mass is 16.6. The van der Waals surface area contributed by atoms with Crippen molar-refractivity contribution in [2.45, 2.75) is 51.8 Å². The summed E-state index contributed by atoms with van der Waals surface area (Å²) in [5.41, 5.74) is 0.841. The summed E-state index contributed by atoms with van der Waals surface area (Å²) in [6.45, 7) is 9.32. The van der Waals surface area contributed by atoms with E-state index in [-0.39, 0.29) is 12.1 Å². The van der Waals surface area contributed by atoms with E-state index in [0.717, 1.165) is 13.0 Å². The quantitative estimate of drug-likeness (QED) is 0.928. The molecule has 116 valence electrons. The Labute approximate surface area is 127 Å². The van der Waals surface area contributed by atoms with Gasteiger partial charge >= 0.3 is 6.09 Å². The van der Waals surface area contributed by atoms with Gasteiger partial charge in [0.25, 0.3) is 0 Å². The summed E-state index contributed by atoms with van der Waals surface area (Å²) in [6.07, 6.45) is 0.760. The monoisotopic (exact) mass is 290 g/mol. The number of rotatable bonds is 3. The minimum Gasteiger partial charge on any atom is -0.444 e. The van der Waals surface area contributed by atoms with Gasteiger partial charge in [-0.05, 0) is 39.7 Å². The molecule has 1 aromatic carbocycles. The van der Waals surface area contributed by atoms with Gasteiger partial charge in [-0.15, -0.1) is 0 Å². The van der Waals surface area contributed by atoms with Crippen LogP contribution in [0.25, 0.3) is 0 Å². The first-order chi connectivity index (χ1) is 9.85. The number of likely N-dealkylation sites (tertiary alicyclic amines) is 1. The summed E-state index contributed by atoms with van der Waals surface area (Å²) < 4.78 is 5.42. The van der Waals surface area contributed by atoms with E-state index in [1.165, 1.54) is 5.56 Å². The molecule has 0 saturated carbocycles. The molecule has 1 aliphatic rings. The number of hydrogen-bond acceptors (Lipinski definition) is 3. The van der Waals surface area contributed by atoms with Crippen LogP contribution < -0.4 is 5.32 Å². The third-order valence-electron chi connectivity index (χ3n) is 3.63. The second-order valence-electron chi connectivity index (χ2n) is 6.71. The highest BCUT2D eigenvalue weighted by Gasteiger charge is 2.30. The van der Waals surface area contributed by atoms with Gasteiger partial charge in [0.15, 0.2) is 0 Å². The SMILES string of the molecule is C[C@@H](NC1CCN(C(=O)OC(C)(C)C)C1)c1ccccc1.